The highest BCUT2D eigenvalue weighted by atomic mass is 33.1. The van der Waals surface area contributed by atoms with E-state index in [2.05, 4.69) is 10.4 Å². The second-order valence-electron chi connectivity index (χ2n) is 6.40. The number of carbonyl (C=O) groups is 3. The number of hydrogen-bond donors (Lipinski definition) is 3. The average Bonchev–Trinajstić information content (AvgIpc) is 3.16. The fourth-order valence-corrected chi connectivity index (χ4v) is 4.35. The predicted octanol–water partition coefficient (Wildman–Crippen LogP) is 3.96. The largest absolute Gasteiger partial charge is 0.490 e. The number of nitrogens with zero attached hydrogens (tertiary/aromatic N) is 2. The van der Waals surface area contributed by atoms with Gasteiger partial charge in [0.25, 0.3) is 5.91 Å². The van der Waals surface area contributed by atoms with E-state index in [-0.39, 0.29) is 12.3 Å². The number of halogens is 3. The Bertz CT molecular complexity index is 951. The molecular formula is C20H24F3N3O5S2. The van der Waals surface area contributed by atoms with Crippen LogP contribution >= 0.6 is 21.6 Å². The molecular weight excluding hydrogens is 483 g/mol. The monoisotopic (exact) mass is 507 g/mol. The highest BCUT2D eigenvalue weighted by molar-refractivity contribution is 8.76. The van der Waals surface area contributed by atoms with E-state index in [1.807, 2.05) is 42.8 Å². The number of benzene rings is 1. The third-order valence-corrected chi connectivity index (χ3v) is 6.40. The Morgan fingerprint density at radius 1 is 1.12 bits per heavy atom. The first kappa shape index (κ1) is 28.4. The van der Waals surface area contributed by atoms with Crippen LogP contribution < -0.4 is 5.32 Å². The van der Waals surface area contributed by atoms with E-state index in [4.69, 9.17) is 15.0 Å². The van der Waals surface area contributed by atoms with Crippen molar-refractivity contribution in [1.29, 1.82) is 0 Å². The molecule has 0 atom stereocenters. The summed E-state index contributed by atoms with van der Waals surface area (Å²) in [6.07, 6.45) is -2.60. The summed E-state index contributed by atoms with van der Waals surface area (Å²) in [5.41, 5.74) is 3.57. The van der Waals surface area contributed by atoms with E-state index in [0.29, 0.717) is 24.3 Å². The Labute approximate surface area is 196 Å². The summed E-state index contributed by atoms with van der Waals surface area (Å²) in [5, 5.41) is 23.0. The van der Waals surface area contributed by atoms with Crippen molar-refractivity contribution in [1.82, 2.24) is 15.1 Å². The van der Waals surface area contributed by atoms with Crippen molar-refractivity contribution >= 4 is 39.4 Å². The first-order chi connectivity index (χ1) is 15.5. The van der Waals surface area contributed by atoms with Gasteiger partial charge in [-0.3, -0.25) is 9.59 Å². The second-order valence-corrected chi connectivity index (χ2v) is 9.11. The van der Waals surface area contributed by atoms with Gasteiger partial charge in [-0.05, 0) is 25.0 Å². The number of amides is 1. The van der Waals surface area contributed by atoms with Gasteiger partial charge in [-0.2, -0.15) is 18.3 Å². The Kier molecular flexibility index (Phi) is 11.8. The van der Waals surface area contributed by atoms with Crippen LogP contribution in [0.15, 0.2) is 30.5 Å². The molecule has 0 bridgehead atoms. The van der Waals surface area contributed by atoms with Crippen LogP contribution in [0.2, 0.25) is 0 Å². The van der Waals surface area contributed by atoms with Crippen molar-refractivity contribution in [2.24, 2.45) is 0 Å². The molecule has 0 aliphatic carbocycles. The zero-order chi connectivity index (χ0) is 25.0. The molecule has 2 aromatic rings. The molecule has 1 heterocycles. The second kappa shape index (κ2) is 13.8. The summed E-state index contributed by atoms with van der Waals surface area (Å²) in [7, 11) is 3.07. The zero-order valence-corrected chi connectivity index (χ0v) is 19.5. The van der Waals surface area contributed by atoms with Crippen molar-refractivity contribution < 1.29 is 37.8 Å². The quantitative estimate of drug-likeness (QED) is 0.326. The Hall–Kier alpha value is -2.67. The molecule has 0 radical (unpaired) electrons. The number of carbonyl (C=O) groups excluding carboxylic acids is 1. The lowest BCUT2D eigenvalue weighted by molar-refractivity contribution is -0.192. The first-order valence-corrected chi connectivity index (χ1v) is 12.1. The number of carboxylic acids is 2. The highest BCUT2D eigenvalue weighted by Crippen LogP contribution is 2.21. The minimum atomic E-state index is -5.08. The third-order valence-electron chi connectivity index (χ3n) is 3.99. The predicted molar refractivity (Wildman–Crippen MR) is 121 cm³/mol. The fourth-order valence-electron chi connectivity index (χ4n) is 2.46. The van der Waals surface area contributed by atoms with Crippen molar-refractivity contribution in [3.05, 3.63) is 47.3 Å². The summed E-state index contributed by atoms with van der Waals surface area (Å²) in [6.45, 7) is 4.56. The molecule has 0 fully saturated rings. The van der Waals surface area contributed by atoms with Crippen LogP contribution in [0.25, 0.3) is 5.69 Å². The van der Waals surface area contributed by atoms with E-state index < -0.39 is 18.1 Å². The number of hydrogen-bond acceptors (Lipinski definition) is 6. The zero-order valence-electron chi connectivity index (χ0n) is 17.9. The van der Waals surface area contributed by atoms with Gasteiger partial charge in [0.2, 0.25) is 0 Å². The minimum absolute atomic E-state index is 0.127. The van der Waals surface area contributed by atoms with Crippen LogP contribution in [0.5, 0.6) is 0 Å². The number of rotatable bonds is 10. The first-order valence-electron chi connectivity index (χ1n) is 9.66. The van der Waals surface area contributed by atoms with E-state index >= 15 is 0 Å². The minimum Gasteiger partial charge on any atom is -0.481 e. The summed E-state index contributed by atoms with van der Waals surface area (Å²) >= 11 is 0. The highest BCUT2D eigenvalue weighted by Gasteiger charge is 2.38. The number of aryl methyl sites for hydroxylation is 1. The maximum absolute atomic E-state index is 12.5. The molecule has 0 aliphatic heterocycles. The lowest BCUT2D eigenvalue weighted by Gasteiger charge is -2.10. The van der Waals surface area contributed by atoms with Crippen molar-refractivity contribution in [3.8, 4) is 5.69 Å². The van der Waals surface area contributed by atoms with Gasteiger partial charge in [-0.1, -0.05) is 46.7 Å². The molecule has 1 aromatic heterocycles. The summed E-state index contributed by atoms with van der Waals surface area (Å²) < 4.78 is 33.6. The number of alkyl halides is 3. The Balaban J connectivity index is 0.000000675. The molecule has 2 rings (SSSR count). The smallest absolute Gasteiger partial charge is 0.481 e. The van der Waals surface area contributed by atoms with Gasteiger partial charge in [0, 0.05) is 18.1 Å². The van der Waals surface area contributed by atoms with Crippen LogP contribution in [-0.4, -0.2) is 62.1 Å². The van der Waals surface area contributed by atoms with E-state index in [0.717, 1.165) is 22.7 Å². The van der Waals surface area contributed by atoms with E-state index in [9.17, 15) is 22.8 Å². The Morgan fingerprint density at radius 2 is 1.73 bits per heavy atom. The van der Waals surface area contributed by atoms with Crippen LogP contribution in [0, 0.1) is 6.92 Å². The molecule has 1 amide bonds. The van der Waals surface area contributed by atoms with Gasteiger partial charge < -0.3 is 15.5 Å². The van der Waals surface area contributed by atoms with Gasteiger partial charge in [-0.25, -0.2) is 9.48 Å². The fraction of sp³-hybridized carbons (Fsp3) is 0.400. The van der Waals surface area contributed by atoms with Crippen molar-refractivity contribution in [2.75, 3.05) is 18.1 Å². The number of carboxylic acid groups (broad SMARTS) is 2. The SMILES string of the molecule is CCc1c(C(=O)NCCSSCCC(=O)O)cnn1-c1ccccc1C.O=C(O)C(F)(F)F. The molecule has 8 nitrogen and oxygen atoms in total. The van der Waals surface area contributed by atoms with Crippen molar-refractivity contribution in [2.45, 2.75) is 32.9 Å². The molecule has 0 saturated carbocycles. The number of para-hydroxylation sites is 1. The number of aromatic nitrogens is 2. The van der Waals surface area contributed by atoms with Crippen LogP contribution in [0.3, 0.4) is 0 Å². The lowest BCUT2D eigenvalue weighted by Crippen LogP contribution is -2.26. The van der Waals surface area contributed by atoms with E-state index in [1.54, 1.807) is 17.0 Å². The summed E-state index contributed by atoms with van der Waals surface area (Å²) in [4.78, 5) is 31.8. The Morgan fingerprint density at radius 3 is 2.27 bits per heavy atom. The average molecular weight is 508 g/mol. The maximum atomic E-state index is 12.5. The van der Waals surface area contributed by atoms with Gasteiger partial charge in [0.1, 0.15) is 0 Å². The molecule has 182 valence electrons. The lowest BCUT2D eigenvalue weighted by atomic mass is 10.1. The van der Waals surface area contributed by atoms with Gasteiger partial charge in [-0.15, -0.1) is 0 Å². The van der Waals surface area contributed by atoms with Gasteiger partial charge >= 0.3 is 18.1 Å². The maximum Gasteiger partial charge on any atom is 0.490 e. The van der Waals surface area contributed by atoms with Gasteiger partial charge in [0.15, 0.2) is 0 Å². The summed E-state index contributed by atoms with van der Waals surface area (Å²) in [5.74, 6) is -2.38. The topological polar surface area (TPSA) is 122 Å². The molecule has 3 N–H and O–H groups in total. The normalized spacial score (nSPS) is 10.8. The standard InChI is InChI=1S/C18H23N3O3S2.C2HF3O2/c1-3-15-14(12-20-21(15)16-7-5-4-6-13(16)2)18(24)19-9-11-26-25-10-8-17(22)23;3-2(4,5)1(6)7/h4-7,12H,3,8-11H2,1-2H3,(H,19,24)(H,22,23);(H,6,7). The van der Waals surface area contributed by atoms with E-state index in [1.165, 1.54) is 10.8 Å². The molecule has 1 aromatic carbocycles. The summed E-state index contributed by atoms with van der Waals surface area (Å²) in [6, 6.07) is 7.96. The van der Waals surface area contributed by atoms with Crippen LogP contribution in [-0.2, 0) is 16.0 Å². The number of nitrogens with one attached hydrogen (secondary N) is 1. The molecule has 0 saturated heterocycles. The number of aliphatic carboxylic acids is 2. The van der Waals surface area contributed by atoms with Gasteiger partial charge in [0.05, 0.1) is 29.6 Å². The van der Waals surface area contributed by atoms with Crippen LogP contribution in [0.4, 0.5) is 13.2 Å². The van der Waals surface area contributed by atoms with Crippen molar-refractivity contribution in [3.63, 3.8) is 0 Å². The molecule has 0 spiro atoms. The molecule has 0 unspecified atom stereocenters. The molecule has 33 heavy (non-hydrogen) atoms. The third kappa shape index (κ3) is 9.78. The molecule has 13 heteroatoms. The van der Waals surface area contributed by atoms with Crippen LogP contribution in [0.1, 0.15) is 35.0 Å². The molecule has 0 aliphatic rings.